The first-order valence-electron chi connectivity index (χ1n) is 5.13. The molecule has 0 aliphatic heterocycles. The molecule has 0 amide bonds. The van der Waals surface area contributed by atoms with Crippen molar-refractivity contribution in [2.75, 3.05) is 0 Å². The van der Waals surface area contributed by atoms with E-state index in [1.54, 1.807) is 0 Å². The fourth-order valence-electron chi connectivity index (χ4n) is 3.20. The molecule has 2 rings (SSSR count). The molecule has 5 unspecified atom stereocenters. The Hall–Kier alpha value is -0.120. The van der Waals surface area contributed by atoms with E-state index in [0.29, 0.717) is 6.42 Å². The van der Waals surface area contributed by atoms with Crippen LogP contribution in [-0.2, 0) is 0 Å². The monoisotopic (exact) mass is 186 g/mol. The summed E-state index contributed by atoms with van der Waals surface area (Å²) >= 11 is 0. The molecule has 0 aromatic heterocycles. The highest BCUT2D eigenvalue weighted by Crippen LogP contribution is 2.52. The van der Waals surface area contributed by atoms with E-state index in [1.165, 1.54) is 0 Å². The molecule has 0 radical (unpaired) electrons. The van der Waals surface area contributed by atoms with Crippen molar-refractivity contribution >= 4 is 0 Å². The van der Waals surface area contributed by atoms with Gasteiger partial charge in [-0.25, -0.2) is 0 Å². The minimum atomic E-state index is -0.598. The van der Waals surface area contributed by atoms with Crippen LogP contribution in [0, 0.1) is 11.3 Å². The number of hydrogen-bond donors (Lipinski definition) is 3. The Morgan fingerprint density at radius 1 is 1.15 bits per heavy atom. The van der Waals surface area contributed by atoms with Crippen LogP contribution in [0.1, 0.15) is 32.6 Å². The van der Waals surface area contributed by atoms with Crippen molar-refractivity contribution in [1.29, 1.82) is 0 Å². The Balaban J connectivity index is 2.29. The Kier molecular flexibility index (Phi) is 2.13. The maximum absolute atomic E-state index is 9.97. The molecule has 13 heavy (non-hydrogen) atoms. The van der Waals surface area contributed by atoms with Crippen molar-refractivity contribution in [1.82, 2.24) is 0 Å². The van der Waals surface area contributed by atoms with E-state index in [2.05, 4.69) is 0 Å². The predicted molar refractivity (Wildman–Crippen MR) is 48.1 cm³/mol. The van der Waals surface area contributed by atoms with Gasteiger partial charge in [0.05, 0.1) is 18.3 Å². The average molecular weight is 186 g/mol. The molecule has 2 aliphatic carbocycles. The molecule has 0 saturated heterocycles. The van der Waals surface area contributed by atoms with Gasteiger partial charge >= 0.3 is 0 Å². The SMILES string of the molecule is CC1CC(O)C2(CCCC2O)C1O. The lowest BCUT2D eigenvalue weighted by Gasteiger charge is -2.35. The van der Waals surface area contributed by atoms with Gasteiger partial charge in [-0.05, 0) is 25.2 Å². The van der Waals surface area contributed by atoms with Gasteiger partial charge in [-0.3, -0.25) is 0 Å². The largest absolute Gasteiger partial charge is 0.392 e. The summed E-state index contributed by atoms with van der Waals surface area (Å²) < 4.78 is 0. The van der Waals surface area contributed by atoms with Crippen molar-refractivity contribution in [3.8, 4) is 0 Å². The molecular weight excluding hydrogens is 168 g/mol. The molecule has 5 atom stereocenters. The van der Waals surface area contributed by atoms with Crippen molar-refractivity contribution in [3.05, 3.63) is 0 Å². The first-order chi connectivity index (χ1) is 6.09. The summed E-state index contributed by atoms with van der Waals surface area (Å²) in [7, 11) is 0. The van der Waals surface area contributed by atoms with E-state index < -0.39 is 23.7 Å². The van der Waals surface area contributed by atoms with Crippen LogP contribution in [-0.4, -0.2) is 33.6 Å². The zero-order chi connectivity index (χ0) is 9.64. The standard InChI is InChI=1S/C10H18O3/c1-6-5-8(12)10(9(6)13)4-2-3-7(10)11/h6-9,11-13H,2-5H2,1H3. The van der Waals surface area contributed by atoms with E-state index in [4.69, 9.17) is 0 Å². The summed E-state index contributed by atoms with van der Waals surface area (Å²) in [5, 5.41) is 29.7. The lowest BCUT2D eigenvalue weighted by atomic mass is 9.77. The Morgan fingerprint density at radius 2 is 1.85 bits per heavy atom. The van der Waals surface area contributed by atoms with Gasteiger partial charge < -0.3 is 15.3 Å². The fourth-order valence-corrected chi connectivity index (χ4v) is 3.20. The van der Waals surface area contributed by atoms with Gasteiger partial charge in [0.1, 0.15) is 0 Å². The number of aliphatic hydroxyl groups is 3. The summed E-state index contributed by atoms with van der Waals surface area (Å²) in [6, 6.07) is 0. The van der Waals surface area contributed by atoms with Crippen molar-refractivity contribution in [2.24, 2.45) is 11.3 Å². The van der Waals surface area contributed by atoms with Crippen LogP contribution in [0.4, 0.5) is 0 Å². The molecule has 2 aliphatic rings. The highest BCUT2D eigenvalue weighted by molar-refractivity contribution is 5.08. The first kappa shape index (κ1) is 9.44. The van der Waals surface area contributed by atoms with Crippen molar-refractivity contribution < 1.29 is 15.3 Å². The molecule has 3 N–H and O–H groups in total. The molecule has 76 valence electrons. The molecule has 2 fully saturated rings. The molecule has 1 spiro atoms. The minimum Gasteiger partial charge on any atom is -0.392 e. The van der Waals surface area contributed by atoms with Crippen molar-refractivity contribution in [3.63, 3.8) is 0 Å². The highest BCUT2D eigenvalue weighted by atomic mass is 16.3. The molecule has 2 saturated carbocycles. The van der Waals surface area contributed by atoms with Gasteiger partial charge in [-0.2, -0.15) is 0 Å². The van der Waals surface area contributed by atoms with Gasteiger partial charge in [-0.1, -0.05) is 13.3 Å². The van der Waals surface area contributed by atoms with Crippen LogP contribution in [0.25, 0.3) is 0 Å². The Morgan fingerprint density at radius 3 is 2.23 bits per heavy atom. The number of rotatable bonds is 0. The van der Waals surface area contributed by atoms with E-state index >= 15 is 0 Å². The lowest BCUT2D eigenvalue weighted by Crippen LogP contribution is -2.45. The molecule has 3 heteroatoms. The van der Waals surface area contributed by atoms with E-state index in [9.17, 15) is 15.3 Å². The molecule has 0 bridgehead atoms. The third-order valence-corrected chi connectivity index (χ3v) is 4.01. The van der Waals surface area contributed by atoms with Crippen LogP contribution in [0.3, 0.4) is 0 Å². The topological polar surface area (TPSA) is 60.7 Å². The Bertz CT molecular complexity index is 206. The highest BCUT2D eigenvalue weighted by Gasteiger charge is 2.58. The van der Waals surface area contributed by atoms with Crippen LogP contribution >= 0.6 is 0 Å². The third-order valence-electron chi connectivity index (χ3n) is 4.01. The first-order valence-corrected chi connectivity index (χ1v) is 5.13. The second kappa shape index (κ2) is 2.94. The van der Waals surface area contributed by atoms with Crippen LogP contribution in [0.2, 0.25) is 0 Å². The summed E-state index contributed by atoms with van der Waals surface area (Å²) in [6.45, 7) is 1.94. The maximum atomic E-state index is 9.97. The van der Waals surface area contributed by atoms with Crippen LogP contribution in [0.15, 0.2) is 0 Å². The van der Waals surface area contributed by atoms with Crippen molar-refractivity contribution in [2.45, 2.75) is 50.9 Å². The summed E-state index contributed by atoms with van der Waals surface area (Å²) in [4.78, 5) is 0. The second-order valence-corrected chi connectivity index (χ2v) is 4.69. The summed E-state index contributed by atoms with van der Waals surface area (Å²) in [6.07, 6.45) is 1.47. The Labute approximate surface area is 78.4 Å². The average Bonchev–Trinajstić information content (AvgIpc) is 2.54. The number of aliphatic hydroxyl groups excluding tert-OH is 3. The smallest absolute Gasteiger partial charge is 0.0672 e. The zero-order valence-corrected chi connectivity index (χ0v) is 7.98. The second-order valence-electron chi connectivity index (χ2n) is 4.69. The normalized spacial score (nSPS) is 56.3. The molecule has 3 nitrogen and oxygen atoms in total. The molecular formula is C10H18O3. The molecule has 0 heterocycles. The van der Waals surface area contributed by atoms with Gasteiger partial charge in [0.25, 0.3) is 0 Å². The zero-order valence-electron chi connectivity index (χ0n) is 7.98. The number of hydrogen-bond acceptors (Lipinski definition) is 3. The van der Waals surface area contributed by atoms with Crippen LogP contribution < -0.4 is 0 Å². The van der Waals surface area contributed by atoms with Gasteiger partial charge in [-0.15, -0.1) is 0 Å². The van der Waals surface area contributed by atoms with Gasteiger partial charge in [0, 0.05) is 5.41 Å². The third kappa shape index (κ3) is 1.07. The van der Waals surface area contributed by atoms with E-state index in [0.717, 1.165) is 19.3 Å². The van der Waals surface area contributed by atoms with E-state index in [1.807, 2.05) is 6.92 Å². The molecule has 0 aromatic rings. The predicted octanol–water partition coefficient (Wildman–Crippen LogP) is 0.279. The summed E-state index contributed by atoms with van der Waals surface area (Å²) in [5.74, 6) is 0.114. The summed E-state index contributed by atoms with van der Waals surface area (Å²) in [5.41, 5.74) is -0.598. The fraction of sp³-hybridized carbons (Fsp3) is 1.00. The van der Waals surface area contributed by atoms with Crippen LogP contribution in [0.5, 0.6) is 0 Å². The van der Waals surface area contributed by atoms with Gasteiger partial charge in [0.2, 0.25) is 0 Å². The molecule has 0 aromatic carbocycles. The maximum Gasteiger partial charge on any atom is 0.0672 e. The minimum absolute atomic E-state index is 0.114. The lowest BCUT2D eigenvalue weighted by molar-refractivity contribution is -0.0926. The van der Waals surface area contributed by atoms with Gasteiger partial charge in [0.15, 0.2) is 0 Å². The van der Waals surface area contributed by atoms with E-state index in [-0.39, 0.29) is 5.92 Å². The quantitative estimate of drug-likeness (QED) is 0.509.